The lowest BCUT2D eigenvalue weighted by molar-refractivity contribution is 0.0169. The summed E-state index contributed by atoms with van der Waals surface area (Å²) in [6, 6.07) is 20.2. The molecule has 5 aromatic rings. The highest BCUT2D eigenvalue weighted by molar-refractivity contribution is 6.05. The van der Waals surface area contributed by atoms with Crippen LogP contribution >= 0.6 is 0 Å². The van der Waals surface area contributed by atoms with Crippen molar-refractivity contribution in [3.8, 4) is 22.8 Å². The quantitative estimate of drug-likeness (QED) is 0.172. The third kappa shape index (κ3) is 7.58. The number of pyridine rings is 2. The Morgan fingerprint density at radius 3 is 2.49 bits per heavy atom. The number of fused-ring (bicyclic) bond motifs is 1. The van der Waals surface area contributed by atoms with Crippen LogP contribution in [0.25, 0.3) is 22.2 Å². The van der Waals surface area contributed by atoms with Crippen molar-refractivity contribution in [2.24, 2.45) is 0 Å². The van der Waals surface area contributed by atoms with Crippen LogP contribution in [0.3, 0.4) is 0 Å². The van der Waals surface area contributed by atoms with Gasteiger partial charge in [-0.2, -0.15) is 5.10 Å². The van der Waals surface area contributed by atoms with Crippen LogP contribution in [0.2, 0.25) is 0 Å². The number of carbonyl (C=O) groups excluding carboxylic acids is 2. The molecule has 1 saturated heterocycles. The van der Waals surface area contributed by atoms with Crippen molar-refractivity contribution in [1.29, 1.82) is 0 Å². The zero-order valence-electron chi connectivity index (χ0n) is 28.4. The summed E-state index contributed by atoms with van der Waals surface area (Å²) in [6.45, 7) is 7.14. The van der Waals surface area contributed by atoms with E-state index < -0.39 is 5.60 Å². The van der Waals surface area contributed by atoms with Crippen molar-refractivity contribution in [2.45, 2.75) is 51.8 Å². The van der Waals surface area contributed by atoms with Crippen LogP contribution in [0.15, 0.2) is 79.1 Å². The van der Waals surface area contributed by atoms with Crippen molar-refractivity contribution in [3.05, 3.63) is 90.3 Å². The molecule has 2 N–H and O–H groups in total. The Kier molecular flexibility index (Phi) is 9.65. The molecule has 254 valence electrons. The van der Waals surface area contributed by atoms with Crippen LogP contribution in [0, 0.1) is 0 Å². The smallest absolute Gasteiger partial charge is 0.410 e. The molecule has 1 atom stereocenters. The number of hydrogen-bond donors (Lipinski definition) is 2. The van der Waals surface area contributed by atoms with Crippen LogP contribution in [-0.2, 0) is 11.3 Å². The molecule has 0 aliphatic carbocycles. The van der Waals surface area contributed by atoms with E-state index in [1.807, 2.05) is 67.9 Å². The number of methoxy groups -OCH3 is 2. The molecule has 6 rings (SSSR count). The Morgan fingerprint density at radius 1 is 0.959 bits per heavy atom. The van der Waals surface area contributed by atoms with Crippen LogP contribution in [0.5, 0.6) is 11.5 Å². The predicted octanol–water partition coefficient (Wildman–Crippen LogP) is 6.95. The van der Waals surface area contributed by atoms with E-state index in [0.29, 0.717) is 54.0 Å². The van der Waals surface area contributed by atoms with Gasteiger partial charge in [-0.05, 0) is 76.1 Å². The lowest BCUT2D eigenvalue weighted by atomic mass is 10.0. The van der Waals surface area contributed by atoms with Gasteiger partial charge in [0.1, 0.15) is 34.4 Å². The van der Waals surface area contributed by atoms with Crippen LogP contribution in [0.4, 0.5) is 16.4 Å². The van der Waals surface area contributed by atoms with Gasteiger partial charge in [-0.3, -0.25) is 9.48 Å². The molecule has 0 spiro atoms. The molecule has 0 radical (unpaired) electrons. The van der Waals surface area contributed by atoms with E-state index in [-0.39, 0.29) is 18.0 Å². The van der Waals surface area contributed by atoms with E-state index in [4.69, 9.17) is 24.3 Å². The second-order valence-electron chi connectivity index (χ2n) is 12.8. The minimum Gasteiger partial charge on any atom is -0.497 e. The largest absolute Gasteiger partial charge is 0.497 e. The average Bonchev–Trinajstić information content (AvgIpc) is 3.51. The van der Waals surface area contributed by atoms with Gasteiger partial charge >= 0.3 is 6.09 Å². The Morgan fingerprint density at radius 2 is 1.78 bits per heavy atom. The van der Waals surface area contributed by atoms with Crippen molar-refractivity contribution in [2.75, 3.05) is 37.9 Å². The Bertz CT molecular complexity index is 1940. The lowest BCUT2D eigenvalue weighted by Gasteiger charge is -2.34. The Hall–Kier alpha value is -5.65. The van der Waals surface area contributed by atoms with Crippen LogP contribution < -0.4 is 20.1 Å². The number of anilines is 2. The topological polar surface area (TPSA) is 133 Å². The van der Waals surface area contributed by atoms with Gasteiger partial charge in [-0.1, -0.05) is 18.2 Å². The first kappa shape index (κ1) is 33.3. The lowest BCUT2D eigenvalue weighted by Crippen LogP contribution is -2.43. The maximum atomic E-state index is 13.0. The van der Waals surface area contributed by atoms with Gasteiger partial charge in [-0.25, -0.2) is 14.8 Å². The maximum Gasteiger partial charge on any atom is 0.410 e. The van der Waals surface area contributed by atoms with Crippen molar-refractivity contribution in [3.63, 3.8) is 0 Å². The summed E-state index contributed by atoms with van der Waals surface area (Å²) in [5, 5.41) is 12.3. The first-order valence-electron chi connectivity index (χ1n) is 16.3. The highest BCUT2D eigenvalue weighted by Gasteiger charge is 2.31. The Labute approximate surface area is 285 Å². The molecule has 1 fully saturated rings. The first-order valence-corrected chi connectivity index (χ1v) is 16.3. The SMILES string of the molecule is COc1ccc(CNc2nccc3c2c(-c2ccc(C(=O)Nc4ccccn4)cc2)nn3[C@@H]2CCCN(C(=O)OC(C)(C)C)C2)c(OC)c1. The summed E-state index contributed by atoms with van der Waals surface area (Å²) in [4.78, 5) is 36.7. The number of rotatable bonds is 9. The standard InChI is InChI=1S/C37H41N7O5/c1-37(2,3)49-36(46)43-20-8-9-27(23-43)44-29-17-19-39-34(40-22-26-15-16-28(47-4)21-30(26)48-5)32(29)33(42-44)24-11-13-25(14-12-24)35(45)41-31-10-6-7-18-38-31/h6-7,10-19,21,27H,8-9,20,22-23H2,1-5H3,(H,39,40)(H,38,41,45)/t27-/m1/s1. The number of aromatic nitrogens is 4. The molecule has 2 amide bonds. The summed E-state index contributed by atoms with van der Waals surface area (Å²) in [7, 11) is 3.25. The fraction of sp³-hybridized carbons (Fsp3) is 0.324. The number of carbonyl (C=O) groups is 2. The van der Waals surface area contributed by atoms with E-state index in [2.05, 4.69) is 15.6 Å². The normalized spacial score (nSPS) is 14.7. The molecule has 1 aliphatic heterocycles. The number of benzene rings is 2. The summed E-state index contributed by atoms with van der Waals surface area (Å²) in [6.07, 6.45) is 4.72. The summed E-state index contributed by atoms with van der Waals surface area (Å²) < 4.78 is 18.7. The Balaban J connectivity index is 1.36. The second-order valence-corrected chi connectivity index (χ2v) is 12.8. The zero-order chi connectivity index (χ0) is 34.5. The van der Waals surface area contributed by atoms with Crippen LogP contribution in [-0.4, -0.2) is 69.6 Å². The van der Waals surface area contributed by atoms with Crippen LogP contribution in [0.1, 0.15) is 55.6 Å². The fourth-order valence-electron chi connectivity index (χ4n) is 5.93. The van der Waals surface area contributed by atoms with E-state index in [1.165, 1.54) is 0 Å². The summed E-state index contributed by atoms with van der Waals surface area (Å²) in [5.41, 5.74) is 3.23. The third-order valence-electron chi connectivity index (χ3n) is 8.28. The van der Waals surface area contributed by atoms with E-state index in [9.17, 15) is 9.59 Å². The third-order valence-corrected chi connectivity index (χ3v) is 8.28. The minimum absolute atomic E-state index is 0.0853. The van der Waals surface area contributed by atoms with E-state index >= 15 is 0 Å². The molecule has 12 nitrogen and oxygen atoms in total. The van der Waals surface area contributed by atoms with Gasteiger partial charge in [0.2, 0.25) is 0 Å². The van der Waals surface area contributed by atoms with Crippen molar-refractivity contribution in [1.82, 2.24) is 24.6 Å². The monoisotopic (exact) mass is 663 g/mol. The molecular weight excluding hydrogens is 622 g/mol. The molecule has 49 heavy (non-hydrogen) atoms. The zero-order valence-corrected chi connectivity index (χ0v) is 28.4. The molecule has 2 aromatic carbocycles. The number of amides is 2. The van der Waals surface area contributed by atoms with E-state index in [0.717, 1.165) is 34.9 Å². The molecular formula is C37H41N7O5. The molecule has 0 bridgehead atoms. The van der Waals surface area contributed by atoms with Crippen molar-refractivity contribution >= 4 is 34.5 Å². The van der Waals surface area contributed by atoms with Gasteiger partial charge < -0.3 is 29.7 Å². The van der Waals surface area contributed by atoms with Gasteiger partial charge in [0.15, 0.2) is 0 Å². The number of hydrogen-bond acceptors (Lipinski definition) is 9. The average molecular weight is 664 g/mol. The maximum absolute atomic E-state index is 13.0. The predicted molar refractivity (Wildman–Crippen MR) is 188 cm³/mol. The number of likely N-dealkylation sites (tertiary alicyclic amines) is 1. The molecule has 12 heteroatoms. The van der Waals surface area contributed by atoms with Gasteiger partial charge in [0.05, 0.1) is 31.2 Å². The van der Waals surface area contributed by atoms with Gasteiger partial charge in [-0.15, -0.1) is 0 Å². The minimum atomic E-state index is -0.588. The summed E-state index contributed by atoms with van der Waals surface area (Å²) in [5.74, 6) is 2.26. The molecule has 1 aliphatic rings. The fourth-order valence-corrected chi connectivity index (χ4v) is 5.93. The number of ether oxygens (including phenoxy) is 3. The molecule has 4 heterocycles. The van der Waals surface area contributed by atoms with E-state index in [1.54, 1.807) is 55.8 Å². The number of nitrogens with one attached hydrogen (secondary N) is 2. The van der Waals surface area contributed by atoms with Gasteiger partial charge in [0.25, 0.3) is 5.91 Å². The molecule has 3 aromatic heterocycles. The first-order chi connectivity index (χ1) is 23.6. The number of piperidine rings is 1. The van der Waals surface area contributed by atoms with Gasteiger partial charge in [0, 0.05) is 54.8 Å². The van der Waals surface area contributed by atoms with Crippen molar-refractivity contribution < 1.29 is 23.8 Å². The molecule has 0 unspecified atom stereocenters. The highest BCUT2D eigenvalue weighted by atomic mass is 16.6. The molecule has 0 saturated carbocycles. The summed E-state index contributed by atoms with van der Waals surface area (Å²) >= 11 is 0. The highest BCUT2D eigenvalue weighted by Crippen LogP contribution is 2.37. The second kappa shape index (κ2) is 14.2. The number of nitrogens with zero attached hydrogens (tertiary/aromatic N) is 5.